The Hall–Kier alpha value is -2.15. The maximum Gasteiger partial charge on any atom is 0.311 e. The number of hydrogen-bond donors (Lipinski definition) is 1. The van der Waals surface area contributed by atoms with Gasteiger partial charge in [-0.25, -0.2) is 0 Å². The Bertz CT molecular complexity index is 561. The zero-order valence-corrected chi connectivity index (χ0v) is 12.1. The summed E-state index contributed by atoms with van der Waals surface area (Å²) < 4.78 is 5.09. The summed E-state index contributed by atoms with van der Waals surface area (Å²) >= 11 is 0. The van der Waals surface area contributed by atoms with Crippen LogP contribution in [0.4, 0.5) is 5.69 Å². The zero-order valence-electron chi connectivity index (χ0n) is 12.1. The molecule has 2 rings (SSSR count). The number of carbonyl (C=O) groups is 1. The molecule has 7 nitrogen and oxygen atoms in total. The van der Waals surface area contributed by atoms with E-state index in [0.717, 1.165) is 12.8 Å². The molecule has 0 bridgehead atoms. The third-order valence-corrected chi connectivity index (χ3v) is 3.80. The number of benzene rings is 1. The molecule has 1 aromatic rings. The van der Waals surface area contributed by atoms with Crippen LogP contribution in [-0.4, -0.2) is 41.5 Å². The highest BCUT2D eigenvalue weighted by atomic mass is 16.6. The number of rotatable bonds is 3. The van der Waals surface area contributed by atoms with Gasteiger partial charge in [0, 0.05) is 24.7 Å². The normalized spacial score (nSPS) is 22.0. The smallest absolute Gasteiger partial charge is 0.311 e. The molecule has 0 aliphatic carbocycles. The number of nitro benzene ring substituents is 1. The van der Waals surface area contributed by atoms with Crippen molar-refractivity contribution >= 4 is 11.6 Å². The SMILES string of the molecule is COc1c(C(=O)N2CCC(N)CC2C)cccc1[N+](=O)[O-]. The molecule has 1 saturated heterocycles. The fraction of sp³-hybridized carbons (Fsp3) is 0.500. The molecule has 0 aromatic heterocycles. The van der Waals surface area contributed by atoms with Gasteiger partial charge in [0.1, 0.15) is 0 Å². The summed E-state index contributed by atoms with van der Waals surface area (Å²) in [5.74, 6) is -0.246. The van der Waals surface area contributed by atoms with Gasteiger partial charge in [0.05, 0.1) is 17.6 Å². The average molecular weight is 293 g/mol. The molecule has 1 heterocycles. The Morgan fingerprint density at radius 2 is 2.24 bits per heavy atom. The van der Waals surface area contributed by atoms with Crippen LogP contribution in [0.5, 0.6) is 5.75 Å². The Labute approximate surface area is 122 Å². The minimum Gasteiger partial charge on any atom is -0.490 e. The monoisotopic (exact) mass is 293 g/mol. The minimum absolute atomic E-state index is 0.00483. The molecule has 1 aliphatic rings. The van der Waals surface area contributed by atoms with E-state index in [-0.39, 0.29) is 35.0 Å². The number of methoxy groups -OCH3 is 1. The van der Waals surface area contributed by atoms with Gasteiger partial charge in [-0.05, 0) is 25.8 Å². The van der Waals surface area contributed by atoms with Crippen LogP contribution in [0.2, 0.25) is 0 Å². The highest BCUT2D eigenvalue weighted by Gasteiger charge is 2.31. The molecule has 21 heavy (non-hydrogen) atoms. The summed E-state index contributed by atoms with van der Waals surface area (Å²) in [5.41, 5.74) is 5.91. The summed E-state index contributed by atoms with van der Waals surface area (Å²) in [6.07, 6.45) is 1.45. The number of likely N-dealkylation sites (tertiary alicyclic amines) is 1. The first-order chi connectivity index (χ1) is 9.95. The Morgan fingerprint density at radius 1 is 1.52 bits per heavy atom. The summed E-state index contributed by atoms with van der Waals surface area (Å²) in [5, 5.41) is 11.0. The summed E-state index contributed by atoms with van der Waals surface area (Å²) in [6.45, 7) is 2.48. The van der Waals surface area contributed by atoms with Crippen LogP contribution < -0.4 is 10.5 Å². The van der Waals surface area contributed by atoms with Crippen LogP contribution in [0.15, 0.2) is 18.2 Å². The number of piperidine rings is 1. The highest BCUT2D eigenvalue weighted by molar-refractivity contribution is 5.98. The Balaban J connectivity index is 2.35. The first-order valence-electron chi connectivity index (χ1n) is 6.83. The molecule has 1 fully saturated rings. The van der Waals surface area contributed by atoms with E-state index < -0.39 is 4.92 Å². The lowest BCUT2D eigenvalue weighted by molar-refractivity contribution is -0.385. The quantitative estimate of drug-likeness (QED) is 0.673. The molecule has 2 N–H and O–H groups in total. The molecule has 1 aliphatic heterocycles. The molecule has 0 spiro atoms. The van der Waals surface area contributed by atoms with Crippen molar-refractivity contribution < 1.29 is 14.5 Å². The van der Waals surface area contributed by atoms with Gasteiger partial charge in [-0.2, -0.15) is 0 Å². The molecule has 0 saturated carbocycles. The van der Waals surface area contributed by atoms with E-state index in [1.54, 1.807) is 11.0 Å². The van der Waals surface area contributed by atoms with Crippen molar-refractivity contribution in [3.05, 3.63) is 33.9 Å². The van der Waals surface area contributed by atoms with Crippen LogP contribution in [0.3, 0.4) is 0 Å². The van der Waals surface area contributed by atoms with Gasteiger partial charge < -0.3 is 15.4 Å². The van der Waals surface area contributed by atoms with Gasteiger partial charge in [0.2, 0.25) is 5.75 Å². The van der Waals surface area contributed by atoms with Gasteiger partial charge in [0.25, 0.3) is 5.91 Å². The van der Waals surface area contributed by atoms with Crippen molar-refractivity contribution in [3.8, 4) is 5.75 Å². The van der Waals surface area contributed by atoms with Crippen molar-refractivity contribution in [2.75, 3.05) is 13.7 Å². The van der Waals surface area contributed by atoms with Crippen LogP contribution in [-0.2, 0) is 0 Å². The van der Waals surface area contributed by atoms with Gasteiger partial charge in [-0.3, -0.25) is 14.9 Å². The minimum atomic E-state index is -0.550. The molecule has 1 aromatic carbocycles. The molecule has 1 amide bonds. The van der Waals surface area contributed by atoms with E-state index in [1.165, 1.54) is 19.2 Å². The third-order valence-electron chi connectivity index (χ3n) is 3.80. The number of carbonyl (C=O) groups excluding carboxylic acids is 1. The molecular weight excluding hydrogens is 274 g/mol. The number of hydrogen-bond acceptors (Lipinski definition) is 5. The number of nitro groups is 1. The molecule has 0 radical (unpaired) electrons. The molecule has 2 atom stereocenters. The van der Waals surface area contributed by atoms with E-state index in [2.05, 4.69) is 0 Å². The van der Waals surface area contributed by atoms with Gasteiger partial charge in [-0.15, -0.1) is 0 Å². The standard InChI is InChI=1S/C14H19N3O4/c1-9-8-10(15)6-7-16(9)14(18)11-4-3-5-12(17(19)20)13(11)21-2/h3-5,9-10H,6-8,15H2,1-2H3. The number of nitrogens with zero attached hydrogens (tertiary/aromatic N) is 2. The maximum absolute atomic E-state index is 12.7. The van der Waals surface area contributed by atoms with Gasteiger partial charge in [0.15, 0.2) is 0 Å². The van der Waals surface area contributed by atoms with Crippen molar-refractivity contribution in [2.45, 2.75) is 31.8 Å². The first-order valence-corrected chi connectivity index (χ1v) is 6.83. The van der Waals surface area contributed by atoms with Crippen molar-refractivity contribution in [1.29, 1.82) is 0 Å². The molecular formula is C14H19N3O4. The molecule has 2 unspecified atom stereocenters. The van der Waals surface area contributed by atoms with E-state index >= 15 is 0 Å². The van der Waals surface area contributed by atoms with Crippen LogP contribution in [0.1, 0.15) is 30.1 Å². The van der Waals surface area contributed by atoms with Crippen molar-refractivity contribution in [3.63, 3.8) is 0 Å². The number of amides is 1. The maximum atomic E-state index is 12.7. The second-order valence-corrected chi connectivity index (χ2v) is 5.25. The lowest BCUT2D eigenvalue weighted by Gasteiger charge is -2.36. The number of para-hydroxylation sites is 1. The lowest BCUT2D eigenvalue weighted by atomic mass is 9.98. The van der Waals surface area contributed by atoms with E-state index in [0.29, 0.717) is 6.54 Å². The number of ether oxygens (including phenoxy) is 1. The number of nitrogens with two attached hydrogens (primary N) is 1. The lowest BCUT2D eigenvalue weighted by Crippen LogP contribution is -2.48. The zero-order chi connectivity index (χ0) is 15.6. The third kappa shape index (κ3) is 2.97. The van der Waals surface area contributed by atoms with Crippen molar-refractivity contribution in [1.82, 2.24) is 4.90 Å². The Morgan fingerprint density at radius 3 is 2.81 bits per heavy atom. The Kier molecular flexibility index (Phi) is 4.42. The van der Waals surface area contributed by atoms with Crippen molar-refractivity contribution in [2.24, 2.45) is 5.73 Å². The second-order valence-electron chi connectivity index (χ2n) is 5.25. The predicted octanol–water partition coefficient (Wildman–Crippen LogP) is 1.56. The fourth-order valence-corrected chi connectivity index (χ4v) is 2.72. The van der Waals surface area contributed by atoms with Crippen LogP contribution >= 0.6 is 0 Å². The van der Waals surface area contributed by atoms with Crippen LogP contribution in [0.25, 0.3) is 0 Å². The van der Waals surface area contributed by atoms with Gasteiger partial charge in [-0.1, -0.05) is 6.07 Å². The van der Waals surface area contributed by atoms with Crippen LogP contribution in [0, 0.1) is 10.1 Å². The summed E-state index contributed by atoms with van der Waals surface area (Å²) in [4.78, 5) is 24.8. The predicted molar refractivity (Wildman–Crippen MR) is 77.4 cm³/mol. The first kappa shape index (κ1) is 15.2. The summed E-state index contributed by atoms with van der Waals surface area (Å²) in [6, 6.07) is 4.47. The van der Waals surface area contributed by atoms with E-state index in [4.69, 9.17) is 10.5 Å². The van der Waals surface area contributed by atoms with E-state index in [1.807, 2.05) is 6.92 Å². The second kappa shape index (κ2) is 6.09. The topological polar surface area (TPSA) is 98.7 Å². The largest absolute Gasteiger partial charge is 0.490 e. The molecule has 114 valence electrons. The highest BCUT2D eigenvalue weighted by Crippen LogP contribution is 2.32. The van der Waals surface area contributed by atoms with E-state index in [9.17, 15) is 14.9 Å². The summed E-state index contributed by atoms with van der Waals surface area (Å²) in [7, 11) is 1.33. The van der Waals surface area contributed by atoms with Gasteiger partial charge >= 0.3 is 5.69 Å². The molecule has 7 heteroatoms. The fourth-order valence-electron chi connectivity index (χ4n) is 2.72. The average Bonchev–Trinajstić information content (AvgIpc) is 2.45.